The summed E-state index contributed by atoms with van der Waals surface area (Å²) in [6.07, 6.45) is 1.54. The second-order valence-corrected chi connectivity index (χ2v) is 3.01. The molecule has 0 fully saturated rings. The zero-order valence-electron chi connectivity index (χ0n) is 9.25. The van der Waals surface area contributed by atoms with Gasteiger partial charge in [-0.15, -0.1) is 5.92 Å². The molecule has 0 N–H and O–H groups in total. The molecule has 0 amide bonds. The fourth-order valence-electron chi connectivity index (χ4n) is 1.17. The smallest absolute Gasteiger partial charge is 0.289 e. The molecule has 0 bridgehead atoms. The van der Waals surface area contributed by atoms with Gasteiger partial charge in [0.05, 0.1) is 6.54 Å². The van der Waals surface area contributed by atoms with Crippen molar-refractivity contribution in [3.05, 3.63) is 32.6 Å². The molecule has 1 heterocycles. The van der Waals surface area contributed by atoms with Gasteiger partial charge in [-0.2, -0.15) is 0 Å². The van der Waals surface area contributed by atoms with E-state index < -0.39 is 0 Å². The Labute approximate surface area is 117 Å². The monoisotopic (exact) mass is 446 g/mol. The molecular weight excluding hydrogens is 434 g/mol. The minimum absolute atomic E-state index is 0.254. The summed E-state index contributed by atoms with van der Waals surface area (Å²) in [5.41, 5.74) is -0.0379. The lowest BCUT2D eigenvalue weighted by molar-refractivity contribution is 0.653. The summed E-state index contributed by atoms with van der Waals surface area (Å²) in [6.45, 7) is 3.71. The molecular formula is C10H12I2N2O2. The Morgan fingerprint density at radius 2 is 1.94 bits per heavy atom. The fourth-order valence-corrected chi connectivity index (χ4v) is 1.17. The predicted molar refractivity (Wildman–Crippen MR) is 82.2 cm³/mol. The summed E-state index contributed by atoms with van der Waals surface area (Å²) >= 11 is 4.24. The maximum Gasteiger partial charge on any atom is 0.331 e. The van der Waals surface area contributed by atoms with E-state index in [2.05, 4.69) is 49.1 Å². The van der Waals surface area contributed by atoms with E-state index in [9.17, 15) is 9.59 Å². The molecule has 88 valence electrons. The van der Waals surface area contributed by atoms with Crippen LogP contribution >= 0.6 is 37.2 Å². The van der Waals surface area contributed by atoms with Gasteiger partial charge < -0.3 is 0 Å². The molecule has 0 aromatic carbocycles. The van der Waals surface area contributed by atoms with Crippen LogP contribution in [0.2, 0.25) is 0 Å². The van der Waals surface area contributed by atoms with E-state index in [0.29, 0.717) is 12.1 Å². The molecule has 1 aromatic rings. The fraction of sp³-hybridized carbons (Fsp3) is 0.400. The highest BCUT2D eigenvalue weighted by Crippen LogP contribution is 1.89. The molecule has 0 saturated carbocycles. The van der Waals surface area contributed by atoms with Crippen LogP contribution < -0.4 is 11.2 Å². The van der Waals surface area contributed by atoms with Crippen LogP contribution in [0.4, 0.5) is 0 Å². The number of halogens is 2. The summed E-state index contributed by atoms with van der Waals surface area (Å²) in [5.74, 6) is 5.48. The molecule has 0 aliphatic rings. The van der Waals surface area contributed by atoms with Gasteiger partial charge in [-0.1, -0.05) is 5.92 Å². The number of hydrogen-bond donors (Lipinski definition) is 0. The maximum atomic E-state index is 11.5. The molecule has 1 aromatic heterocycles. The van der Waals surface area contributed by atoms with Gasteiger partial charge in [-0.3, -0.25) is 13.9 Å². The van der Waals surface area contributed by atoms with Crippen molar-refractivity contribution in [2.45, 2.75) is 20.4 Å². The van der Waals surface area contributed by atoms with Gasteiger partial charge >= 0.3 is 5.69 Å². The van der Waals surface area contributed by atoms with Crippen molar-refractivity contribution < 1.29 is 0 Å². The lowest BCUT2D eigenvalue weighted by Gasteiger charge is -2.04. The van der Waals surface area contributed by atoms with Crippen molar-refractivity contribution in [3.8, 4) is 11.8 Å². The highest BCUT2D eigenvalue weighted by molar-refractivity contribution is 15.0. The first-order valence-electron chi connectivity index (χ1n) is 4.39. The zero-order valence-corrected chi connectivity index (χ0v) is 13.6. The van der Waals surface area contributed by atoms with Gasteiger partial charge in [0.1, 0.15) is 0 Å². The van der Waals surface area contributed by atoms with E-state index in [1.54, 1.807) is 13.8 Å². The summed E-state index contributed by atoms with van der Waals surface area (Å²) in [6, 6.07) is 0. The highest BCUT2D eigenvalue weighted by atomic mass is 128. The summed E-state index contributed by atoms with van der Waals surface area (Å²) in [4.78, 5) is 22.8. The van der Waals surface area contributed by atoms with Crippen LogP contribution in [0.15, 0.2) is 15.8 Å². The third kappa shape index (κ3) is 3.93. The molecule has 0 radical (unpaired) electrons. The van der Waals surface area contributed by atoms with E-state index >= 15 is 0 Å². The Balaban J connectivity index is 0.00000106. The van der Waals surface area contributed by atoms with Crippen LogP contribution in [0.5, 0.6) is 0 Å². The molecule has 0 atom stereocenters. The Kier molecular flexibility index (Phi) is 7.74. The number of nitrogens with zero attached hydrogens (tertiary/aromatic N) is 2. The van der Waals surface area contributed by atoms with Crippen LogP contribution in [0.1, 0.15) is 12.5 Å². The predicted octanol–water partition coefficient (Wildman–Crippen LogP) is 1.65. The molecule has 0 aliphatic heterocycles. The number of aromatic nitrogens is 2. The first-order chi connectivity index (χ1) is 7.57. The Morgan fingerprint density at radius 3 is 2.44 bits per heavy atom. The molecule has 6 heteroatoms. The van der Waals surface area contributed by atoms with Crippen molar-refractivity contribution >= 4 is 37.2 Å². The Hall–Kier alpha value is -0.300. The molecule has 0 spiro atoms. The van der Waals surface area contributed by atoms with Gasteiger partial charge in [0.15, 0.2) is 0 Å². The van der Waals surface area contributed by atoms with Crippen molar-refractivity contribution in [2.24, 2.45) is 7.05 Å². The zero-order chi connectivity index (χ0) is 12.7. The molecule has 0 unspecified atom stereocenters. The van der Waals surface area contributed by atoms with E-state index in [1.807, 2.05) is 0 Å². The van der Waals surface area contributed by atoms with Gasteiger partial charge in [-0.25, -0.2) is 4.79 Å². The second-order valence-electron chi connectivity index (χ2n) is 3.01. The first kappa shape index (κ1) is 15.7. The summed E-state index contributed by atoms with van der Waals surface area (Å²) in [5, 5.41) is 0. The molecule has 0 aliphatic carbocycles. The maximum absolute atomic E-state index is 11.5. The topological polar surface area (TPSA) is 44.0 Å². The SMILES string of the molecule is CC#CCn1cc(C)c(=O)n(C)c1=O.II. The normalized spacial score (nSPS) is 8.56. The third-order valence-corrected chi connectivity index (χ3v) is 1.95. The van der Waals surface area contributed by atoms with E-state index in [0.717, 1.165) is 4.57 Å². The minimum Gasteiger partial charge on any atom is -0.289 e. The number of hydrogen-bond acceptors (Lipinski definition) is 2. The summed E-state index contributed by atoms with van der Waals surface area (Å²) < 4.78 is 2.51. The number of aryl methyl sites for hydroxylation is 1. The van der Waals surface area contributed by atoms with Crippen LogP contribution in [-0.4, -0.2) is 9.13 Å². The van der Waals surface area contributed by atoms with Crippen molar-refractivity contribution in [1.29, 1.82) is 0 Å². The average Bonchev–Trinajstić information content (AvgIpc) is 2.32. The van der Waals surface area contributed by atoms with Gasteiger partial charge in [0.25, 0.3) is 5.56 Å². The second kappa shape index (κ2) is 7.89. The standard InChI is InChI=1S/C10H12N2O2.I2/c1-4-5-6-12-7-8(2)9(13)11(3)10(12)14;1-2/h7H,6H2,1-3H3;. The van der Waals surface area contributed by atoms with Crippen molar-refractivity contribution in [1.82, 2.24) is 9.13 Å². The lowest BCUT2D eigenvalue weighted by atomic mass is 10.4. The van der Waals surface area contributed by atoms with Crippen LogP contribution in [-0.2, 0) is 13.6 Å². The molecule has 16 heavy (non-hydrogen) atoms. The quantitative estimate of drug-likeness (QED) is 0.487. The Bertz CT molecular complexity index is 520. The lowest BCUT2D eigenvalue weighted by Crippen LogP contribution is -2.38. The van der Waals surface area contributed by atoms with Gasteiger partial charge in [0.2, 0.25) is 0 Å². The van der Waals surface area contributed by atoms with Crippen molar-refractivity contribution in [3.63, 3.8) is 0 Å². The van der Waals surface area contributed by atoms with E-state index in [-0.39, 0.29) is 11.2 Å². The average molecular weight is 446 g/mol. The third-order valence-electron chi connectivity index (χ3n) is 1.95. The Morgan fingerprint density at radius 1 is 1.38 bits per heavy atom. The van der Waals surface area contributed by atoms with Crippen LogP contribution in [0.3, 0.4) is 0 Å². The molecule has 4 nitrogen and oxygen atoms in total. The van der Waals surface area contributed by atoms with Crippen LogP contribution in [0, 0.1) is 18.8 Å². The highest BCUT2D eigenvalue weighted by Gasteiger charge is 2.03. The molecule has 1 rings (SSSR count). The number of rotatable bonds is 1. The van der Waals surface area contributed by atoms with Crippen LogP contribution in [0.25, 0.3) is 0 Å². The van der Waals surface area contributed by atoms with Gasteiger partial charge in [0, 0.05) is 56.0 Å². The first-order valence-corrected chi connectivity index (χ1v) is 10.7. The minimum atomic E-state index is -0.330. The van der Waals surface area contributed by atoms with E-state index in [4.69, 9.17) is 0 Å². The van der Waals surface area contributed by atoms with Crippen molar-refractivity contribution in [2.75, 3.05) is 0 Å². The largest absolute Gasteiger partial charge is 0.331 e. The summed E-state index contributed by atoms with van der Waals surface area (Å²) in [7, 11) is 1.47. The van der Waals surface area contributed by atoms with E-state index in [1.165, 1.54) is 17.8 Å². The molecule has 0 saturated heterocycles. The van der Waals surface area contributed by atoms with Gasteiger partial charge in [-0.05, 0) is 13.8 Å².